The molecule has 0 aliphatic heterocycles. The standard InChI is InChI=1S/C10H22O2/c1-6-7-9(11)10(4,5)12-8(2)3/h8-9,11H,6-7H2,1-5H3. The van der Waals surface area contributed by atoms with Gasteiger partial charge in [-0.2, -0.15) is 0 Å². The molecule has 0 saturated heterocycles. The molecule has 74 valence electrons. The van der Waals surface area contributed by atoms with E-state index in [1.54, 1.807) is 0 Å². The summed E-state index contributed by atoms with van der Waals surface area (Å²) in [5.41, 5.74) is -0.413. The van der Waals surface area contributed by atoms with Crippen LogP contribution in [0.1, 0.15) is 47.5 Å². The molecule has 0 aromatic carbocycles. The normalized spacial score (nSPS) is 15.2. The maximum atomic E-state index is 9.70. The first kappa shape index (κ1) is 11.9. The minimum absolute atomic E-state index is 0.173. The van der Waals surface area contributed by atoms with Crippen molar-refractivity contribution >= 4 is 0 Å². The molecule has 0 aromatic rings. The second-order valence-electron chi connectivity index (χ2n) is 4.07. The smallest absolute Gasteiger partial charge is 0.0887 e. The Labute approximate surface area is 75.9 Å². The van der Waals surface area contributed by atoms with E-state index < -0.39 is 5.60 Å². The maximum Gasteiger partial charge on any atom is 0.0887 e. The van der Waals surface area contributed by atoms with Crippen molar-refractivity contribution < 1.29 is 9.84 Å². The quantitative estimate of drug-likeness (QED) is 0.693. The third-order valence-electron chi connectivity index (χ3n) is 1.90. The fourth-order valence-corrected chi connectivity index (χ4v) is 1.31. The number of aliphatic hydroxyl groups is 1. The van der Waals surface area contributed by atoms with Crippen molar-refractivity contribution in [2.24, 2.45) is 0 Å². The number of hydrogen-bond donors (Lipinski definition) is 1. The molecule has 0 fully saturated rings. The first-order chi connectivity index (χ1) is 5.40. The van der Waals surface area contributed by atoms with Crippen molar-refractivity contribution in [1.29, 1.82) is 0 Å². The van der Waals surface area contributed by atoms with E-state index in [1.807, 2.05) is 27.7 Å². The van der Waals surface area contributed by atoms with E-state index in [0.717, 1.165) is 12.8 Å². The third kappa shape index (κ3) is 4.07. The molecule has 1 atom stereocenters. The summed E-state index contributed by atoms with van der Waals surface area (Å²) < 4.78 is 5.60. The van der Waals surface area contributed by atoms with E-state index >= 15 is 0 Å². The van der Waals surface area contributed by atoms with Crippen LogP contribution >= 0.6 is 0 Å². The van der Waals surface area contributed by atoms with Crippen molar-refractivity contribution in [2.45, 2.75) is 65.3 Å². The molecule has 0 rings (SSSR count). The van der Waals surface area contributed by atoms with Crippen molar-refractivity contribution in [3.8, 4) is 0 Å². The first-order valence-electron chi connectivity index (χ1n) is 4.76. The molecule has 12 heavy (non-hydrogen) atoms. The zero-order valence-corrected chi connectivity index (χ0v) is 8.92. The van der Waals surface area contributed by atoms with E-state index in [-0.39, 0.29) is 12.2 Å². The minimum atomic E-state index is -0.413. The molecule has 0 heterocycles. The van der Waals surface area contributed by atoms with Gasteiger partial charge in [0.15, 0.2) is 0 Å². The van der Waals surface area contributed by atoms with E-state index in [1.165, 1.54) is 0 Å². The van der Waals surface area contributed by atoms with Gasteiger partial charge >= 0.3 is 0 Å². The predicted octanol–water partition coefficient (Wildman–Crippen LogP) is 2.35. The largest absolute Gasteiger partial charge is 0.390 e. The second-order valence-corrected chi connectivity index (χ2v) is 4.07. The lowest BCUT2D eigenvalue weighted by molar-refractivity contribution is -0.127. The Morgan fingerprint density at radius 3 is 2.17 bits per heavy atom. The fourth-order valence-electron chi connectivity index (χ4n) is 1.31. The van der Waals surface area contributed by atoms with Gasteiger partial charge in [-0.3, -0.25) is 0 Å². The number of ether oxygens (including phenoxy) is 1. The molecule has 0 radical (unpaired) electrons. The molecule has 0 aromatic heterocycles. The maximum absolute atomic E-state index is 9.70. The molecule has 0 aliphatic carbocycles. The van der Waals surface area contributed by atoms with Gasteiger partial charge in [-0.1, -0.05) is 13.3 Å². The molecular formula is C10H22O2. The molecule has 0 spiro atoms. The van der Waals surface area contributed by atoms with Crippen molar-refractivity contribution in [3.63, 3.8) is 0 Å². The van der Waals surface area contributed by atoms with Crippen LogP contribution < -0.4 is 0 Å². The highest BCUT2D eigenvalue weighted by atomic mass is 16.5. The van der Waals surface area contributed by atoms with Crippen LogP contribution in [0.3, 0.4) is 0 Å². The van der Waals surface area contributed by atoms with Gasteiger partial charge in [-0.25, -0.2) is 0 Å². The molecule has 1 unspecified atom stereocenters. The van der Waals surface area contributed by atoms with Crippen LogP contribution in [0.4, 0.5) is 0 Å². The molecule has 0 aliphatic rings. The van der Waals surface area contributed by atoms with Crippen LogP contribution in [-0.4, -0.2) is 22.9 Å². The Kier molecular flexibility index (Phi) is 4.80. The highest BCUT2D eigenvalue weighted by Gasteiger charge is 2.28. The summed E-state index contributed by atoms with van der Waals surface area (Å²) in [5.74, 6) is 0. The molecule has 2 nitrogen and oxygen atoms in total. The van der Waals surface area contributed by atoms with E-state index in [0.29, 0.717) is 0 Å². The van der Waals surface area contributed by atoms with Gasteiger partial charge in [0, 0.05) is 0 Å². The van der Waals surface area contributed by atoms with Crippen LogP contribution in [0, 0.1) is 0 Å². The van der Waals surface area contributed by atoms with Gasteiger partial charge in [-0.05, 0) is 34.1 Å². The van der Waals surface area contributed by atoms with Gasteiger partial charge in [0.2, 0.25) is 0 Å². The predicted molar refractivity (Wildman–Crippen MR) is 51.2 cm³/mol. The molecular weight excluding hydrogens is 152 g/mol. The summed E-state index contributed by atoms with van der Waals surface area (Å²) in [5, 5.41) is 9.70. The Morgan fingerprint density at radius 1 is 1.33 bits per heavy atom. The summed E-state index contributed by atoms with van der Waals surface area (Å²) in [6, 6.07) is 0. The van der Waals surface area contributed by atoms with Gasteiger partial charge in [0.25, 0.3) is 0 Å². The summed E-state index contributed by atoms with van der Waals surface area (Å²) in [6.45, 7) is 9.91. The highest BCUT2D eigenvalue weighted by Crippen LogP contribution is 2.20. The van der Waals surface area contributed by atoms with Crippen molar-refractivity contribution in [2.75, 3.05) is 0 Å². The van der Waals surface area contributed by atoms with Crippen LogP contribution in [0.15, 0.2) is 0 Å². The zero-order chi connectivity index (χ0) is 9.78. The van der Waals surface area contributed by atoms with Crippen LogP contribution in [0.2, 0.25) is 0 Å². The third-order valence-corrected chi connectivity index (χ3v) is 1.90. The Morgan fingerprint density at radius 2 is 1.83 bits per heavy atom. The molecule has 0 bridgehead atoms. The Balaban J connectivity index is 3.99. The SMILES string of the molecule is CCCC(O)C(C)(C)OC(C)C. The molecule has 0 amide bonds. The van der Waals surface area contributed by atoms with E-state index in [9.17, 15) is 5.11 Å². The molecule has 2 heteroatoms. The van der Waals surface area contributed by atoms with Crippen LogP contribution in [-0.2, 0) is 4.74 Å². The van der Waals surface area contributed by atoms with Gasteiger partial charge in [0.05, 0.1) is 17.8 Å². The summed E-state index contributed by atoms with van der Waals surface area (Å²) in [4.78, 5) is 0. The zero-order valence-electron chi connectivity index (χ0n) is 8.92. The van der Waals surface area contributed by atoms with E-state index in [4.69, 9.17) is 4.74 Å². The second kappa shape index (κ2) is 4.83. The van der Waals surface area contributed by atoms with Crippen molar-refractivity contribution in [3.05, 3.63) is 0 Å². The summed E-state index contributed by atoms with van der Waals surface area (Å²) in [6.07, 6.45) is 1.61. The van der Waals surface area contributed by atoms with Crippen LogP contribution in [0.25, 0.3) is 0 Å². The van der Waals surface area contributed by atoms with Gasteiger partial charge in [-0.15, -0.1) is 0 Å². The van der Waals surface area contributed by atoms with Gasteiger partial charge < -0.3 is 9.84 Å². The van der Waals surface area contributed by atoms with Gasteiger partial charge in [0.1, 0.15) is 0 Å². The number of rotatable bonds is 5. The van der Waals surface area contributed by atoms with Crippen molar-refractivity contribution in [1.82, 2.24) is 0 Å². The summed E-state index contributed by atoms with van der Waals surface area (Å²) >= 11 is 0. The monoisotopic (exact) mass is 174 g/mol. The number of hydrogen-bond acceptors (Lipinski definition) is 2. The first-order valence-corrected chi connectivity index (χ1v) is 4.76. The topological polar surface area (TPSA) is 29.5 Å². The van der Waals surface area contributed by atoms with E-state index in [2.05, 4.69) is 6.92 Å². The lowest BCUT2D eigenvalue weighted by atomic mass is 9.97. The highest BCUT2D eigenvalue weighted by molar-refractivity contribution is 4.79. The number of aliphatic hydroxyl groups excluding tert-OH is 1. The Hall–Kier alpha value is -0.0800. The Bertz CT molecular complexity index is 119. The minimum Gasteiger partial charge on any atom is -0.390 e. The average Bonchev–Trinajstić information content (AvgIpc) is 1.85. The summed E-state index contributed by atoms with van der Waals surface area (Å²) in [7, 11) is 0. The van der Waals surface area contributed by atoms with Crippen LogP contribution in [0.5, 0.6) is 0 Å². The lowest BCUT2D eigenvalue weighted by Crippen LogP contribution is -2.40. The molecule has 0 saturated carbocycles. The lowest BCUT2D eigenvalue weighted by Gasteiger charge is -2.32. The average molecular weight is 174 g/mol. The fraction of sp³-hybridized carbons (Fsp3) is 1.00. The molecule has 1 N–H and O–H groups in total.